The molecule has 7 nitrogen and oxygen atoms in total. The predicted molar refractivity (Wildman–Crippen MR) is 151 cm³/mol. The van der Waals surface area contributed by atoms with E-state index in [2.05, 4.69) is 59.7 Å². The van der Waals surface area contributed by atoms with Crippen LogP contribution in [0.25, 0.3) is 38.6 Å². The van der Waals surface area contributed by atoms with Crippen LogP contribution in [0.3, 0.4) is 0 Å². The number of hydrogen-bond acceptors (Lipinski definition) is 5. The van der Waals surface area contributed by atoms with E-state index < -0.39 is 15.3 Å². The lowest BCUT2D eigenvalue weighted by Crippen LogP contribution is -2.23. The maximum atomic E-state index is 12.6. The highest BCUT2D eigenvalue weighted by Crippen LogP contribution is 2.40. The van der Waals surface area contributed by atoms with Crippen molar-refractivity contribution in [3.63, 3.8) is 0 Å². The summed E-state index contributed by atoms with van der Waals surface area (Å²) in [6.07, 6.45) is 4.92. The van der Waals surface area contributed by atoms with Crippen LogP contribution < -0.4 is 4.72 Å². The monoisotopic (exact) mass is 516 g/mol. The fraction of sp³-hybridized carbons (Fsp3) is 0.310. The van der Waals surface area contributed by atoms with Gasteiger partial charge in [-0.1, -0.05) is 18.2 Å². The number of H-pyrrole nitrogens is 1. The number of sulfonamides is 1. The van der Waals surface area contributed by atoms with E-state index in [4.69, 9.17) is 9.72 Å². The van der Waals surface area contributed by atoms with Crippen molar-refractivity contribution in [1.82, 2.24) is 15.0 Å². The van der Waals surface area contributed by atoms with Crippen LogP contribution >= 0.6 is 0 Å². The van der Waals surface area contributed by atoms with Gasteiger partial charge in [0.1, 0.15) is 5.76 Å². The molecule has 3 heterocycles. The second-order valence-corrected chi connectivity index (χ2v) is 12.2. The molecule has 0 radical (unpaired) electrons. The van der Waals surface area contributed by atoms with Gasteiger partial charge in [-0.05, 0) is 88.1 Å². The number of aromatic amines is 1. The van der Waals surface area contributed by atoms with E-state index in [1.165, 1.54) is 0 Å². The molecule has 37 heavy (non-hydrogen) atoms. The number of nitrogens with zero attached hydrogens (tertiary/aromatic N) is 2. The Kier molecular flexibility index (Phi) is 6.31. The molecule has 2 aromatic heterocycles. The molecule has 4 aromatic rings. The second-order valence-electron chi connectivity index (χ2n) is 10.0. The minimum atomic E-state index is -3.57. The minimum Gasteiger partial charge on any atom is -0.494 e. The van der Waals surface area contributed by atoms with Crippen molar-refractivity contribution in [3.8, 4) is 11.1 Å². The quantitative estimate of drug-likeness (QED) is 0.307. The zero-order valence-electron chi connectivity index (χ0n) is 22.0. The van der Waals surface area contributed by atoms with E-state index in [0.29, 0.717) is 5.52 Å². The van der Waals surface area contributed by atoms with Crippen molar-refractivity contribution < 1.29 is 13.2 Å². The normalized spacial score (nSPS) is 16.7. The van der Waals surface area contributed by atoms with Gasteiger partial charge in [-0.2, -0.15) is 0 Å². The number of aromatic nitrogens is 3. The van der Waals surface area contributed by atoms with Crippen molar-refractivity contribution in [1.29, 1.82) is 0 Å². The first-order valence-corrected chi connectivity index (χ1v) is 14.0. The molecule has 8 heteroatoms. The fourth-order valence-corrected chi connectivity index (χ4v) is 5.54. The van der Waals surface area contributed by atoms with Gasteiger partial charge in [-0.15, -0.1) is 0 Å². The number of pyridine rings is 1. The Morgan fingerprint density at radius 2 is 1.92 bits per heavy atom. The molecule has 0 amide bonds. The maximum absolute atomic E-state index is 12.6. The van der Waals surface area contributed by atoms with Crippen LogP contribution in [0, 0.1) is 6.92 Å². The molecule has 5 rings (SSSR count). The molecule has 0 saturated heterocycles. The zero-order chi connectivity index (χ0) is 26.5. The lowest BCUT2D eigenvalue weighted by molar-refractivity contribution is 0.139. The van der Waals surface area contributed by atoms with E-state index >= 15 is 0 Å². The lowest BCUT2D eigenvalue weighted by Gasteiger charge is -2.17. The predicted octanol–water partition coefficient (Wildman–Crippen LogP) is 6.72. The van der Waals surface area contributed by atoms with Gasteiger partial charge in [0.2, 0.25) is 16.0 Å². The van der Waals surface area contributed by atoms with Crippen LogP contribution in [0.15, 0.2) is 60.0 Å². The third kappa shape index (κ3) is 4.62. The first-order chi connectivity index (χ1) is 17.5. The maximum Gasteiger partial charge on any atom is 0.237 e. The summed E-state index contributed by atoms with van der Waals surface area (Å²) in [7, 11) is -3.57. The van der Waals surface area contributed by atoms with Gasteiger partial charge in [0.25, 0.3) is 0 Å². The second kappa shape index (κ2) is 9.34. The number of allylic oxidation sites excluding steroid dienone is 3. The Balaban J connectivity index is 1.83. The number of fused-ring (bicyclic) bond motifs is 2. The molecule has 2 N–H and O–H groups in total. The third-order valence-electron chi connectivity index (χ3n) is 6.88. The zero-order valence-corrected chi connectivity index (χ0v) is 22.8. The highest BCUT2D eigenvalue weighted by atomic mass is 32.2. The molecule has 1 aliphatic rings. The van der Waals surface area contributed by atoms with E-state index in [1.54, 1.807) is 20.0 Å². The molecular formula is C29H32N4O3S. The molecule has 0 bridgehead atoms. The van der Waals surface area contributed by atoms with Gasteiger partial charge >= 0.3 is 0 Å². The number of anilines is 1. The molecule has 192 valence electrons. The average Bonchev–Trinajstić information content (AvgIpc) is 3.18. The Morgan fingerprint density at radius 1 is 1.14 bits per heavy atom. The minimum absolute atomic E-state index is 0.0891. The molecular weight excluding hydrogens is 484 g/mol. The van der Waals surface area contributed by atoms with E-state index in [0.717, 1.165) is 62.0 Å². The molecule has 0 saturated carbocycles. The smallest absolute Gasteiger partial charge is 0.237 e. The first-order valence-electron chi connectivity index (χ1n) is 12.5. The molecule has 1 atom stereocenters. The highest BCUT2D eigenvalue weighted by Gasteiger charge is 2.23. The summed E-state index contributed by atoms with van der Waals surface area (Å²) in [5.41, 5.74) is 8.46. The van der Waals surface area contributed by atoms with Gasteiger partial charge in [-0.3, -0.25) is 9.71 Å². The van der Waals surface area contributed by atoms with E-state index in [9.17, 15) is 8.42 Å². The molecule has 0 spiro atoms. The van der Waals surface area contributed by atoms with Crippen LogP contribution in [0.1, 0.15) is 52.2 Å². The topological polar surface area (TPSA) is 97.0 Å². The van der Waals surface area contributed by atoms with Gasteiger partial charge in [-0.25, -0.2) is 13.4 Å². The lowest BCUT2D eigenvalue weighted by atomic mass is 9.90. The van der Waals surface area contributed by atoms with E-state index in [1.807, 2.05) is 25.1 Å². The van der Waals surface area contributed by atoms with Gasteiger partial charge in [0, 0.05) is 29.1 Å². The van der Waals surface area contributed by atoms with Gasteiger partial charge in [0.15, 0.2) is 0 Å². The summed E-state index contributed by atoms with van der Waals surface area (Å²) in [5.74, 6) is 1.06. The van der Waals surface area contributed by atoms with E-state index in [-0.39, 0.29) is 12.1 Å². The van der Waals surface area contributed by atoms with Gasteiger partial charge < -0.3 is 9.72 Å². The Morgan fingerprint density at radius 3 is 2.68 bits per heavy atom. The van der Waals surface area contributed by atoms with Crippen LogP contribution in [-0.4, -0.2) is 34.7 Å². The number of hydrogen-bond donors (Lipinski definition) is 2. The first kappa shape index (κ1) is 25.0. The summed E-state index contributed by atoms with van der Waals surface area (Å²) in [5, 5.41) is 0.421. The molecule has 2 aromatic carbocycles. The van der Waals surface area contributed by atoms with Crippen LogP contribution in [0.2, 0.25) is 0 Å². The molecule has 1 unspecified atom stereocenters. The van der Waals surface area contributed by atoms with Crippen molar-refractivity contribution in [2.24, 2.45) is 0 Å². The molecule has 0 fully saturated rings. The van der Waals surface area contributed by atoms with Crippen molar-refractivity contribution in [2.75, 3.05) is 4.72 Å². The summed E-state index contributed by atoms with van der Waals surface area (Å²) in [4.78, 5) is 12.5. The summed E-state index contributed by atoms with van der Waals surface area (Å²) in [6.45, 7) is 11.5. The number of imidazole rings is 1. The summed E-state index contributed by atoms with van der Waals surface area (Å²) < 4.78 is 34.1. The van der Waals surface area contributed by atoms with Crippen molar-refractivity contribution >= 4 is 43.5 Å². The number of aryl methyl sites for hydroxylation is 1. The van der Waals surface area contributed by atoms with Gasteiger partial charge in [0.05, 0.1) is 27.9 Å². The molecule has 0 aliphatic carbocycles. The fourth-order valence-electron chi connectivity index (χ4n) is 4.93. The van der Waals surface area contributed by atoms with Crippen LogP contribution in [0.5, 0.6) is 0 Å². The van der Waals surface area contributed by atoms with Crippen LogP contribution in [0.4, 0.5) is 5.95 Å². The summed E-state index contributed by atoms with van der Waals surface area (Å²) >= 11 is 0. The standard InChI is InChI=1S/C29H32N4O3S/c1-16(2)37(34,35)33-29-31-25-15-21(26-17(3)9-11-19(5)36-20(26)6)14-23(28(25)32-29)27-18(4)10-12-24-22(27)8-7-13-30-24/h7-10,12-16,19H,11H2,1-6H3,(H2,31,32,33). The Labute approximate surface area is 217 Å². The Bertz CT molecular complexity index is 1700. The Hall–Kier alpha value is -3.65. The SMILES string of the molecule is CC1=CCC(C)OC(C)=C1c1cc(-c2c(C)ccc3ncccc23)c2nc(NS(=O)(=O)C(C)C)[nH]c2c1. The van der Waals surface area contributed by atoms with Crippen LogP contribution in [-0.2, 0) is 14.8 Å². The number of nitrogens with one attached hydrogen (secondary N) is 2. The number of rotatable bonds is 5. The third-order valence-corrected chi connectivity index (χ3v) is 8.60. The largest absolute Gasteiger partial charge is 0.494 e. The van der Waals surface area contributed by atoms with Crippen molar-refractivity contribution in [2.45, 2.75) is 59.3 Å². The summed E-state index contributed by atoms with van der Waals surface area (Å²) in [6, 6.07) is 12.2. The highest BCUT2D eigenvalue weighted by molar-refractivity contribution is 7.93. The number of ether oxygens (including phenoxy) is 1. The van der Waals surface area contributed by atoms with Crippen molar-refractivity contribution in [3.05, 3.63) is 71.1 Å². The number of benzene rings is 2. The molecule has 1 aliphatic heterocycles. The average molecular weight is 517 g/mol.